The van der Waals surface area contributed by atoms with Gasteiger partial charge in [0, 0.05) is 47.3 Å². The van der Waals surface area contributed by atoms with Crippen LogP contribution >= 0.6 is 0 Å². The molecule has 2 aromatic heterocycles. The van der Waals surface area contributed by atoms with Gasteiger partial charge < -0.3 is 29.2 Å². The summed E-state index contributed by atoms with van der Waals surface area (Å²) in [5, 5.41) is 5.93. The van der Waals surface area contributed by atoms with E-state index in [0.29, 0.717) is 30.3 Å². The molecule has 0 bridgehead atoms. The summed E-state index contributed by atoms with van der Waals surface area (Å²) >= 11 is 0. The summed E-state index contributed by atoms with van der Waals surface area (Å²) in [6.45, 7) is 3.81. The van der Waals surface area contributed by atoms with E-state index in [-0.39, 0.29) is 11.1 Å². The number of fused-ring (bicyclic) bond motifs is 2. The van der Waals surface area contributed by atoms with Gasteiger partial charge in [-0.2, -0.15) is 0 Å². The van der Waals surface area contributed by atoms with E-state index in [4.69, 9.17) is 0 Å². The fourth-order valence-corrected chi connectivity index (χ4v) is 4.88. The third kappa shape index (κ3) is 6.48. The lowest BCUT2D eigenvalue weighted by Crippen LogP contribution is -2.42. The Labute approximate surface area is 246 Å². The number of Topliss-reactive ketones (excluding diaryl/α,β-unsaturated/α-hetero) is 2. The van der Waals surface area contributed by atoms with E-state index in [1.165, 1.54) is 28.1 Å². The number of esters is 2. The lowest BCUT2D eigenvalue weighted by atomic mass is 10.1. The van der Waals surface area contributed by atoms with Crippen LogP contribution in [-0.4, -0.2) is 70.8 Å². The topological polar surface area (TPSA) is 155 Å². The Bertz CT molecular complexity index is 1610. The fraction of sp³-hybridized carbons (Fsp3) is 0.290. The van der Waals surface area contributed by atoms with Crippen LogP contribution in [0.5, 0.6) is 0 Å². The van der Waals surface area contributed by atoms with Gasteiger partial charge in [-0.25, -0.2) is 9.59 Å². The van der Waals surface area contributed by atoms with E-state index < -0.39 is 47.4 Å². The lowest BCUT2D eigenvalue weighted by molar-refractivity contribution is -0.144. The average molecular weight is 589 g/mol. The van der Waals surface area contributed by atoms with E-state index in [9.17, 15) is 28.8 Å². The average Bonchev–Trinajstić information content (AvgIpc) is 3.58. The van der Waals surface area contributed by atoms with E-state index in [1.54, 1.807) is 36.7 Å². The van der Waals surface area contributed by atoms with Crippen LogP contribution in [0.4, 0.5) is 0 Å². The number of ketones is 2. The van der Waals surface area contributed by atoms with Gasteiger partial charge in [0.2, 0.25) is 0 Å². The smallest absolute Gasteiger partial charge is 0.328 e. The van der Waals surface area contributed by atoms with Gasteiger partial charge in [0.15, 0.2) is 0 Å². The highest BCUT2D eigenvalue weighted by Gasteiger charge is 2.26. The number of hydrogen-bond donors (Lipinski definition) is 2. The molecule has 2 aromatic carbocycles. The maximum atomic E-state index is 13.0. The van der Waals surface area contributed by atoms with Gasteiger partial charge >= 0.3 is 11.9 Å². The minimum atomic E-state index is -0.981. The second-order valence-corrected chi connectivity index (χ2v) is 9.96. The first-order chi connectivity index (χ1) is 20.6. The van der Waals surface area contributed by atoms with Crippen LogP contribution in [0.3, 0.4) is 0 Å². The number of nitrogens with zero attached hydrogens (tertiary/aromatic N) is 2. The molecule has 12 nitrogen and oxygen atoms in total. The predicted octanol–water partition coefficient (Wildman–Crippen LogP) is 2.41. The normalized spacial score (nSPS) is 12.4. The van der Waals surface area contributed by atoms with Crippen LogP contribution in [0.2, 0.25) is 0 Å². The van der Waals surface area contributed by atoms with E-state index in [2.05, 4.69) is 20.1 Å². The molecule has 12 heteroatoms. The molecule has 2 heterocycles. The standard InChI is InChI=1S/C31H32N4O8/c1-18(30(40)42-3)32-28(38)26(36)22-16-34(24-12-7-5-10-20(22)24)14-9-15-35-17-23(21-11-6-8-13-25(21)35)27(37)29(39)33-19(2)31(41)43-4/h5-8,10-13,16-19H,9,14-15H2,1-4H3,(H,32,38)(H,33,39)/t18-,19-/m0/s1. The Morgan fingerprint density at radius 3 is 1.40 bits per heavy atom. The molecular formula is C31H32N4O8. The molecule has 0 spiro atoms. The number of para-hydroxylation sites is 2. The zero-order valence-electron chi connectivity index (χ0n) is 24.2. The quantitative estimate of drug-likeness (QED) is 0.145. The Kier molecular flexibility index (Phi) is 9.39. The van der Waals surface area contributed by atoms with Gasteiger partial charge in [0.1, 0.15) is 12.1 Å². The number of aryl methyl sites for hydroxylation is 2. The zero-order chi connectivity index (χ0) is 31.3. The minimum absolute atomic E-state index is 0.205. The van der Waals surface area contributed by atoms with Crippen LogP contribution in [-0.2, 0) is 41.7 Å². The first kappa shape index (κ1) is 30.7. The molecule has 2 amide bonds. The number of carbonyl (C=O) groups is 6. The Hall–Kier alpha value is -5.26. The van der Waals surface area contributed by atoms with Crippen molar-refractivity contribution in [2.24, 2.45) is 0 Å². The van der Waals surface area contributed by atoms with Crippen molar-refractivity contribution in [3.8, 4) is 0 Å². The van der Waals surface area contributed by atoms with Gasteiger partial charge in [0.25, 0.3) is 23.4 Å². The van der Waals surface area contributed by atoms with Crippen molar-refractivity contribution in [3.05, 3.63) is 72.1 Å². The molecular weight excluding hydrogens is 556 g/mol. The molecule has 4 aromatic rings. The second-order valence-electron chi connectivity index (χ2n) is 9.96. The number of nitrogens with one attached hydrogen (secondary N) is 2. The van der Waals surface area contributed by atoms with Crippen molar-refractivity contribution in [3.63, 3.8) is 0 Å². The third-order valence-electron chi connectivity index (χ3n) is 7.08. The fourth-order valence-electron chi connectivity index (χ4n) is 4.88. The number of methoxy groups -OCH3 is 2. The van der Waals surface area contributed by atoms with Crippen molar-refractivity contribution < 1.29 is 38.2 Å². The third-order valence-corrected chi connectivity index (χ3v) is 7.08. The number of ether oxygens (including phenoxy) is 2. The summed E-state index contributed by atoms with van der Waals surface area (Å²) in [7, 11) is 2.39. The highest BCUT2D eigenvalue weighted by Crippen LogP contribution is 2.25. The number of hydrogen-bond acceptors (Lipinski definition) is 8. The summed E-state index contributed by atoms with van der Waals surface area (Å²) in [4.78, 5) is 74.6. The van der Waals surface area contributed by atoms with Gasteiger partial charge in [-0.15, -0.1) is 0 Å². The van der Waals surface area contributed by atoms with Crippen LogP contribution in [0, 0.1) is 0 Å². The molecule has 0 saturated carbocycles. The molecule has 43 heavy (non-hydrogen) atoms. The lowest BCUT2D eigenvalue weighted by Gasteiger charge is -2.10. The van der Waals surface area contributed by atoms with Crippen molar-refractivity contribution in [2.45, 2.75) is 45.4 Å². The van der Waals surface area contributed by atoms with Crippen LogP contribution in [0.1, 0.15) is 41.0 Å². The summed E-state index contributed by atoms with van der Waals surface area (Å²) in [5.74, 6) is -4.71. The molecule has 0 aliphatic heterocycles. The van der Waals surface area contributed by atoms with Gasteiger partial charge in [-0.1, -0.05) is 36.4 Å². The van der Waals surface area contributed by atoms with Crippen molar-refractivity contribution in [1.29, 1.82) is 0 Å². The molecule has 0 aliphatic rings. The minimum Gasteiger partial charge on any atom is -0.467 e. The maximum Gasteiger partial charge on any atom is 0.328 e. The summed E-state index contributed by atoms with van der Waals surface area (Å²) in [6.07, 6.45) is 3.81. The number of amides is 2. The molecule has 4 rings (SSSR count). The summed E-state index contributed by atoms with van der Waals surface area (Å²) < 4.78 is 13.0. The van der Waals surface area contributed by atoms with Crippen molar-refractivity contribution >= 4 is 57.1 Å². The van der Waals surface area contributed by atoms with E-state index in [1.807, 2.05) is 33.4 Å². The van der Waals surface area contributed by atoms with Crippen molar-refractivity contribution in [2.75, 3.05) is 14.2 Å². The number of carbonyl (C=O) groups excluding carboxylic acids is 6. The zero-order valence-corrected chi connectivity index (χ0v) is 24.2. The Morgan fingerprint density at radius 2 is 1.02 bits per heavy atom. The largest absolute Gasteiger partial charge is 0.467 e. The van der Waals surface area contributed by atoms with Gasteiger partial charge in [-0.05, 0) is 32.4 Å². The van der Waals surface area contributed by atoms with E-state index >= 15 is 0 Å². The van der Waals surface area contributed by atoms with Crippen LogP contribution in [0.25, 0.3) is 21.8 Å². The second kappa shape index (κ2) is 13.1. The molecule has 0 saturated heterocycles. The Balaban J connectivity index is 1.52. The first-order valence-corrected chi connectivity index (χ1v) is 13.6. The monoisotopic (exact) mass is 588 g/mol. The molecule has 2 atom stereocenters. The SMILES string of the molecule is COC(=O)[C@H](C)NC(=O)C(=O)c1cn(CCCn2cc(C(=O)C(=O)N[C@@H](C)C(=O)OC)c3ccccc32)c2ccccc12. The molecule has 0 fully saturated rings. The highest BCUT2D eigenvalue weighted by atomic mass is 16.5. The summed E-state index contributed by atoms with van der Waals surface area (Å²) in [5.41, 5.74) is 1.92. The van der Waals surface area contributed by atoms with Crippen molar-refractivity contribution in [1.82, 2.24) is 19.8 Å². The van der Waals surface area contributed by atoms with Crippen LogP contribution in [0.15, 0.2) is 60.9 Å². The number of rotatable bonds is 12. The van der Waals surface area contributed by atoms with E-state index in [0.717, 1.165) is 11.0 Å². The molecule has 224 valence electrons. The van der Waals surface area contributed by atoms with Crippen LogP contribution < -0.4 is 10.6 Å². The molecule has 2 N–H and O–H groups in total. The predicted molar refractivity (Wildman–Crippen MR) is 156 cm³/mol. The number of aromatic nitrogens is 2. The van der Waals surface area contributed by atoms with Gasteiger partial charge in [-0.3, -0.25) is 19.2 Å². The molecule has 0 aliphatic carbocycles. The molecule has 0 unspecified atom stereocenters. The maximum absolute atomic E-state index is 13.0. The number of benzene rings is 2. The summed E-state index contributed by atoms with van der Waals surface area (Å²) in [6, 6.07) is 12.4. The first-order valence-electron chi connectivity index (χ1n) is 13.6. The Morgan fingerprint density at radius 1 is 0.651 bits per heavy atom. The van der Waals surface area contributed by atoms with Gasteiger partial charge in [0.05, 0.1) is 25.3 Å². The molecule has 0 radical (unpaired) electrons. The highest BCUT2D eigenvalue weighted by molar-refractivity contribution is 6.45.